The molecular formula is C14H22N2O2. The first-order valence-electron chi connectivity index (χ1n) is 6.58. The summed E-state index contributed by atoms with van der Waals surface area (Å²) in [6, 6.07) is 1.97. The maximum Gasteiger partial charge on any atom is 0.127 e. The lowest BCUT2D eigenvalue weighted by molar-refractivity contribution is 0.0206. The highest BCUT2D eigenvalue weighted by molar-refractivity contribution is 5.32. The Hall–Kier alpha value is -1.13. The minimum atomic E-state index is 0.232. The van der Waals surface area contributed by atoms with Crippen LogP contribution >= 0.6 is 0 Å². The van der Waals surface area contributed by atoms with E-state index in [1.807, 2.05) is 13.0 Å². The fraction of sp³-hybridized carbons (Fsp3) is 0.643. The molecule has 1 aliphatic carbocycles. The largest absolute Gasteiger partial charge is 0.490 e. The first-order chi connectivity index (χ1) is 8.72. The van der Waals surface area contributed by atoms with E-state index in [1.165, 1.54) is 0 Å². The van der Waals surface area contributed by atoms with Gasteiger partial charge in [0.2, 0.25) is 0 Å². The van der Waals surface area contributed by atoms with Gasteiger partial charge in [-0.3, -0.25) is 4.98 Å². The fourth-order valence-electron chi connectivity index (χ4n) is 2.43. The van der Waals surface area contributed by atoms with Gasteiger partial charge >= 0.3 is 0 Å². The van der Waals surface area contributed by atoms with Gasteiger partial charge in [0.1, 0.15) is 11.9 Å². The van der Waals surface area contributed by atoms with Gasteiger partial charge in [0.25, 0.3) is 0 Å². The van der Waals surface area contributed by atoms with E-state index in [4.69, 9.17) is 15.2 Å². The molecule has 4 nitrogen and oxygen atoms in total. The summed E-state index contributed by atoms with van der Waals surface area (Å²) in [6.07, 6.45) is 6.71. The van der Waals surface area contributed by atoms with Crippen LogP contribution in [0.25, 0.3) is 0 Å². The van der Waals surface area contributed by atoms with Crippen LogP contribution in [0.1, 0.15) is 36.9 Å². The van der Waals surface area contributed by atoms with E-state index in [9.17, 15) is 0 Å². The summed E-state index contributed by atoms with van der Waals surface area (Å²) >= 11 is 0. The first kappa shape index (κ1) is 13.3. The van der Waals surface area contributed by atoms with Crippen molar-refractivity contribution in [2.24, 2.45) is 5.73 Å². The SMILES string of the molecule is COC1CCCC(Oc2cc(C)ncc2CN)C1. The Kier molecular flexibility index (Phi) is 4.55. The summed E-state index contributed by atoms with van der Waals surface area (Å²) in [5, 5.41) is 0. The summed E-state index contributed by atoms with van der Waals surface area (Å²) in [6.45, 7) is 2.43. The highest BCUT2D eigenvalue weighted by Gasteiger charge is 2.23. The van der Waals surface area contributed by atoms with E-state index in [1.54, 1.807) is 13.3 Å². The van der Waals surface area contributed by atoms with Crippen molar-refractivity contribution in [1.82, 2.24) is 4.98 Å². The first-order valence-corrected chi connectivity index (χ1v) is 6.58. The lowest BCUT2D eigenvalue weighted by Gasteiger charge is -2.29. The number of pyridine rings is 1. The molecule has 1 aliphatic rings. The van der Waals surface area contributed by atoms with Gasteiger partial charge in [-0.25, -0.2) is 0 Å². The fourth-order valence-corrected chi connectivity index (χ4v) is 2.43. The lowest BCUT2D eigenvalue weighted by atomic mass is 9.95. The maximum absolute atomic E-state index is 6.09. The number of hydrogen-bond acceptors (Lipinski definition) is 4. The van der Waals surface area contributed by atoms with Gasteiger partial charge in [0.15, 0.2) is 0 Å². The van der Waals surface area contributed by atoms with Gasteiger partial charge in [-0.2, -0.15) is 0 Å². The quantitative estimate of drug-likeness (QED) is 0.890. The molecule has 0 aliphatic heterocycles. The monoisotopic (exact) mass is 250 g/mol. The Bertz CT molecular complexity index is 395. The van der Waals surface area contributed by atoms with Crippen molar-refractivity contribution in [3.63, 3.8) is 0 Å². The molecule has 2 rings (SSSR count). The predicted molar refractivity (Wildman–Crippen MR) is 70.5 cm³/mol. The normalized spacial score (nSPS) is 23.9. The Morgan fingerprint density at radius 1 is 1.39 bits per heavy atom. The van der Waals surface area contributed by atoms with Crippen LogP contribution in [0.5, 0.6) is 5.75 Å². The molecule has 4 heteroatoms. The lowest BCUT2D eigenvalue weighted by Crippen LogP contribution is -2.29. The number of aromatic nitrogens is 1. The summed E-state index contributed by atoms with van der Waals surface area (Å²) in [5.74, 6) is 0.881. The molecule has 1 aromatic heterocycles. The van der Waals surface area contributed by atoms with Crippen LogP contribution in [-0.2, 0) is 11.3 Å². The molecule has 1 saturated carbocycles. The molecule has 2 unspecified atom stereocenters. The van der Waals surface area contributed by atoms with Gasteiger partial charge in [-0.1, -0.05) is 0 Å². The average molecular weight is 250 g/mol. The van der Waals surface area contributed by atoms with Crippen LogP contribution in [0.15, 0.2) is 12.3 Å². The van der Waals surface area contributed by atoms with Crippen molar-refractivity contribution in [3.8, 4) is 5.75 Å². The van der Waals surface area contributed by atoms with E-state index < -0.39 is 0 Å². The second kappa shape index (κ2) is 6.16. The van der Waals surface area contributed by atoms with Gasteiger partial charge in [-0.05, 0) is 26.2 Å². The van der Waals surface area contributed by atoms with Crippen molar-refractivity contribution in [2.75, 3.05) is 7.11 Å². The molecule has 0 radical (unpaired) electrons. The van der Waals surface area contributed by atoms with Crippen LogP contribution in [0.3, 0.4) is 0 Å². The third-order valence-electron chi connectivity index (χ3n) is 3.51. The Morgan fingerprint density at radius 2 is 2.17 bits per heavy atom. The zero-order valence-electron chi connectivity index (χ0n) is 11.2. The van der Waals surface area contributed by atoms with Crippen LogP contribution in [0, 0.1) is 6.92 Å². The molecule has 1 heterocycles. The molecule has 0 spiro atoms. The molecule has 2 N–H and O–H groups in total. The van der Waals surface area contributed by atoms with Gasteiger partial charge in [-0.15, -0.1) is 0 Å². The summed E-state index contributed by atoms with van der Waals surface area (Å²) in [7, 11) is 1.77. The van der Waals surface area contributed by atoms with E-state index >= 15 is 0 Å². The molecule has 100 valence electrons. The van der Waals surface area contributed by atoms with Crippen LogP contribution < -0.4 is 10.5 Å². The number of aryl methyl sites for hydroxylation is 1. The maximum atomic E-state index is 6.09. The minimum absolute atomic E-state index is 0.232. The Morgan fingerprint density at radius 3 is 2.89 bits per heavy atom. The van der Waals surface area contributed by atoms with Crippen molar-refractivity contribution < 1.29 is 9.47 Å². The van der Waals surface area contributed by atoms with E-state index in [2.05, 4.69) is 4.98 Å². The summed E-state index contributed by atoms with van der Waals surface area (Å²) < 4.78 is 11.5. The number of hydrogen-bond donors (Lipinski definition) is 1. The molecule has 0 aromatic carbocycles. The summed E-state index contributed by atoms with van der Waals surface area (Å²) in [5.41, 5.74) is 7.65. The predicted octanol–water partition coefficient (Wildman–Crippen LogP) is 2.19. The third kappa shape index (κ3) is 3.21. The molecule has 0 amide bonds. The molecule has 2 atom stereocenters. The molecule has 1 fully saturated rings. The topological polar surface area (TPSA) is 57.4 Å². The van der Waals surface area contributed by atoms with Gasteiger partial charge < -0.3 is 15.2 Å². The smallest absolute Gasteiger partial charge is 0.127 e. The van der Waals surface area contributed by atoms with Gasteiger partial charge in [0, 0.05) is 43.6 Å². The van der Waals surface area contributed by atoms with Gasteiger partial charge in [0.05, 0.1) is 6.10 Å². The van der Waals surface area contributed by atoms with Crippen molar-refractivity contribution in [2.45, 2.75) is 51.4 Å². The van der Waals surface area contributed by atoms with Crippen molar-refractivity contribution in [3.05, 3.63) is 23.5 Å². The average Bonchev–Trinajstić information content (AvgIpc) is 2.39. The van der Waals surface area contributed by atoms with E-state index in [0.717, 1.165) is 42.7 Å². The highest BCUT2D eigenvalue weighted by Crippen LogP contribution is 2.27. The molecule has 18 heavy (non-hydrogen) atoms. The van der Waals surface area contributed by atoms with E-state index in [0.29, 0.717) is 12.6 Å². The second-order valence-electron chi connectivity index (χ2n) is 4.90. The molecule has 1 aromatic rings. The Labute approximate surface area is 108 Å². The number of rotatable bonds is 4. The number of methoxy groups -OCH3 is 1. The molecule has 0 bridgehead atoms. The number of ether oxygens (including phenoxy) is 2. The third-order valence-corrected chi connectivity index (χ3v) is 3.51. The standard InChI is InChI=1S/C14H22N2O2/c1-10-6-14(11(8-15)9-16-10)18-13-5-3-4-12(7-13)17-2/h6,9,12-13H,3-5,7-8,15H2,1-2H3. The van der Waals surface area contributed by atoms with Crippen LogP contribution in [0.2, 0.25) is 0 Å². The van der Waals surface area contributed by atoms with E-state index in [-0.39, 0.29) is 6.10 Å². The summed E-state index contributed by atoms with van der Waals surface area (Å²) in [4.78, 5) is 4.25. The molecular weight excluding hydrogens is 228 g/mol. The van der Waals surface area contributed by atoms with Crippen LogP contribution in [-0.4, -0.2) is 24.3 Å². The van der Waals surface area contributed by atoms with Crippen LogP contribution in [0.4, 0.5) is 0 Å². The van der Waals surface area contributed by atoms with Crippen molar-refractivity contribution >= 4 is 0 Å². The zero-order chi connectivity index (χ0) is 13.0. The number of nitrogens with two attached hydrogens (primary N) is 1. The second-order valence-corrected chi connectivity index (χ2v) is 4.90. The highest BCUT2D eigenvalue weighted by atomic mass is 16.5. The van der Waals surface area contributed by atoms with Crippen molar-refractivity contribution in [1.29, 1.82) is 0 Å². The molecule has 0 saturated heterocycles. The minimum Gasteiger partial charge on any atom is -0.490 e. The zero-order valence-corrected chi connectivity index (χ0v) is 11.2. The Balaban J connectivity index is 2.06. The number of nitrogens with zero attached hydrogens (tertiary/aromatic N) is 1.